The summed E-state index contributed by atoms with van der Waals surface area (Å²) in [4.78, 5) is 24.8. The van der Waals surface area contributed by atoms with Gasteiger partial charge in [-0.2, -0.15) is 0 Å². The first-order valence-corrected chi connectivity index (χ1v) is 8.99. The van der Waals surface area contributed by atoms with Crippen molar-refractivity contribution in [2.24, 2.45) is 5.92 Å². The zero-order valence-electron chi connectivity index (χ0n) is 14.5. The first kappa shape index (κ1) is 16.8. The Bertz CT molecular complexity index is 789. The number of para-hydroxylation sites is 1. The molecular formula is C19H21FN4O2. The monoisotopic (exact) mass is 356 g/mol. The number of halogens is 1. The molecule has 1 amide bonds. The van der Waals surface area contributed by atoms with Crippen LogP contribution in [-0.2, 0) is 4.79 Å². The first-order valence-electron chi connectivity index (χ1n) is 8.99. The van der Waals surface area contributed by atoms with Crippen molar-refractivity contribution in [1.29, 1.82) is 0 Å². The van der Waals surface area contributed by atoms with Crippen LogP contribution in [0.25, 0.3) is 0 Å². The molecule has 2 aliphatic rings. The summed E-state index contributed by atoms with van der Waals surface area (Å²) in [5.41, 5.74) is 0. The van der Waals surface area contributed by atoms with Crippen LogP contribution in [0, 0.1) is 11.7 Å². The van der Waals surface area contributed by atoms with Crippen molar-refractivity contribution in [3.63, 3.8) is 0 Å². The molecule has 4 rings (SSSR count). The van der Waals surface area contributed by atoms with E-state index in [0.717, 1.165) is 18.7 Å². The van der Waals surface area contributed by atoms with Crippen LogP contribution in [0.5, 0.6) is 11.6 Å². The maximum atomic E-state index is 13.7. The maximum Gasteiger partial charge on any atom is 0.225 e. The third-order valence-electron chi connectivity index (χ3n) is 5.05. The molecule has 1 saturated carbocycles. The molecular weight excluding hydrogens is 335 g/mol. The van der Waals surface area contributed by atoms with Crippen LogP contribution in [0.3, 0.4) is 0 Å². The molecule has 2 fully saturated rings. The molecule has 0 spiro atoms. The highest BCUT2D eigenvalue weighted by atomic mass is 19.1. The van der Waals surface area contributed by atoms with Crippen molar-refractivity contribution in [3.05, 3.63) is 42.5 Å². The van der Waals surface area contributed by atoms with E-state index in [1.54, 1.807) is 24.3 Å². The van der Waals surface area contributed by atoms with Gasteiger partial charge in [0.05, 0.1) is 0 Å². The summed E-state index contributed by atoms with van der Waals surface area (Å²) < 4.78 is 19.3. The van der Waals surface area contributed by atoms with Gasteiger partial charge in [-0.15, -0.1) is 0 Å². The summed E-state index contributed by atoms with van der Waals surface area (Å²) in [7, 11) is 0. The van der Waals surface area contributed by atoms with E-state index in [-0.39, 0.29) is 11.7 Å². The van der Waals surface area contributed by atoms with Gasteiger partial charge >= 0.3 is 0 Å². The van der Waals surface area contributed by atoms with Gasteiger partial charge < -0.3 is 14.5 Å². The van der Waals surface area contributed by atoms with Crippen LogP contribution in [0.4, 0.5) is 10.2 Å². The summed E-state index contributed by atoms with van der Waals surface area (Å²) >= 11 is 0. The topological polar surface area (TPSA) is 58.6 Å². The summed E-state index contributed by atoms with van der Waals surface area (Å²) in [5, 5.41) is 0. The fourth-order valence-corrected chi connectivity index (χ4v) is 3.27. The number of hydrogen-bond acceptors (Lipinski definition) is 5. The number of anilines is 1. The standard InChI is InChI=1S/C19H21FN4O2/c20-15-6-1-2-7-16(15)26-18-12-17(21-13-22-18)23-8-10-24(11-9-23)19(25)14-4-3-5-14/h1-2,6-7,12-14H,3-5,8-11H2. The number of aromatic nitrogens is 2. The van der Waals surface area contributed by atoms with Crippen molar-refractivity contribution in [1.82, 2.24) is 14.9 Å². The van der Waals surface area contributed by atoms with Crippen molar-refractivity contribution in [2.75, 3.05) is 31.1 Å². The Morgan fingerprint density at radius 3 is 2.58 bits per heavy atom. The predicted octanol–water partition coefficient (Wildman–Crippen LogP) is 2.86. The molecule has 0 unspecified atom stereocenters. The first-order chi connectivity index (χ1) is 12.7. The van der Waals surface area contributed by atoms with Crippen molar-refractivity contribution in [2.45, 2.75) is 19.3 Å². The Hall–Kier alpha value is -2.70. The molecule has 2 aromatic rings. The maximum absolute atomic E-state index is 13.7. The largest absolute Gasteiger partial charge is 0.436 e. The molecule has 2 heterocycles. The molecule has 136 valence electrons. The van der Waals surface area contributed by atoms with E-state index in [0.29, 0.717) is 38.0 Å². The molecule has 1 aliphatic heterocycles. The number of amides is 1. The molecule has 7 heteroatoms. The third kappa shape index (κ3) is 3.47. The highest BCUT2D eigenvalue weighted by Crippen LogP contribution is 2.29. The predicted molar refractivity (Wildman–Crippen MR) is 94.6 cm³/mol. The minimum Gasteiger partial charge on any atom is -0.436 e. The Balaban J connectivity index is 1.39. The second kappa shape index (κ2) is 7.27. The Morgan fingerprint density at radius 1 is 1.12 bits per heavy atom. The second-order valence-corrected chi connectivity index (χ2v) is 6.69. The van der Waals surface area contributed by atoms with Crippen LogP contribution in [-0.4, -0.2) is 47.0 Å². The quantitative estimate of drug-likeness (QED) is 0.843. The lowest BCUT2D eigenvalue weighted by Gasteiger charge is -2.38. The van der Waals surface area contributed by atoms with Gasteiger partial charge in [0.2, 0.25) is 11.8 Å². The smallest absolute Gasteiger partial charge is 0.225 e. The van der Waals surface area contributed by atoms with Gasteiger partial charge in [0.15, 0.2) is 11.6 Å². The minimum atomic E-state index is -0.434. The third-order valence-corrected chi connectivity index (χ3v) is 5.05. The highest BCUT2D eigenvalue weighted by Gasteiger charge is 2.31. The number of nitrogens with zero attached hydrogens (tertiary/aromatic N) is 4. The molecule has 6 nitrogen and oxygen atoms in total. The number of carbonyl (C=O) groups is 1. The Morgan fingerprint density at radius 2 is 1.88 bits per heavy atom. The molecule has 1 saturated heterocycles. The van der Waals surface area contributed by atoms with E-state index < -0.39 is 5.82 Å². The number of carbonyl (C=O) groups excluding carboxylic acids is 1. The highest BCUT2D eigenvalue weighted by molar-refractivity contribution is 5.79. The molecule has 26 heavy (non-hydrogen) atoms. The van der Waals surface area contributed by atoms with Crippen molar-refractivity contribution >= 4 is 11.7 Å². The Kier molecular flexibility index (Phi) is 4.69. The van der Waals surface area contributed by atoms with Crippen LogP contribution < -0.4 is 9.64 Å². The van der Waals surface area contributed by atoms with Crippen LogP contribution in [0.1, 0.15) is 19.3 Å². The average Bonchev–Trinajstić information content (AvgIpc) is 2.63. The van der Waals surface area contributed by atoms with Gasteiger partial charge in [0.25, 0.3) is 0 Å². The Labute approximate surface area is 151 Å². The number of ether oxygens (including phenoxy) is 1. The summed E-state index contributed by atoms with van der Waals surface area (Å²) in [6, 6.07) is 7.92. The minimum absolute atomic E-state index is 0.132. The lowest BCUT2D eigenvalue weighted by atomic mass is 9.84. The van der Waals surface area contributed by atoms with Crippen LogP contribution in [0.2, 0.25) is 0 Å². The van der Waals surface area contributed by atoms with Gasteiger partial charge in [-0.3, -0.25) is 4.79 Å². The molecule has 0 atom stereocenters. The zero-order valence-corrected chi connectivity index (χ0v) is 14.5. The molecule has 0 bridgehead atoms. The van der Waals surface area contributed by atoms with Gasteiger partial charge in [-0.05, 0) is 25.0 Å². The number of piperazine rings is 1. The van der Waals surface area contributed by atoms with E-state index in [2.05, 4.69) is 14.9 Å². The van der Waals surface area contributed by atoms with E-state index in [9.17, 15) is 9.18 Å². The average molecular weight is 356 g/mol. The fourth-order valence-electron chi connectivity index (χ4n) is 3.27. The fraction of sp³-hybridized carbons (Fsp3) is 0.421. The van der Waals surface area contributed by atoms with Gasteiger partial charge in [0, 0.05) is 38.2 Å². The van der Waals surface area contributed by atoms with Crippen molar-refractivity contribution in [3.8, 4) is 11.6 Å². The molecule has 0 radical (unpaired) electrons. The van der Waals surface area contributed by atoms with Gasteiger partial charge in [0.1, 0.15) is 12.1 Å². The molecule has 1 aliphatic carbocycles. The zero-order chi connectivity index (χ0) is 17.9. The van der Waals surface area contributed by atoms with Gasteiger partial charge in [-0.1, -0.05) is 18.6 Å². The van der Waals surface area contributed by atoms with E-state index in [4.69, 9.17) is 4.74 Å². The second-order valence-electron chi connectivity index (χ2n) is 6.69. The summed E-state index contributed by atoms with van der Waals surface area (Å²) in [6.07, 6.45) is 4.64. The van der Waals surface area contributed by atoms with E-state index >= 15 is 0 Å². The van der Waals surface area contributed by atoms with Crippen molar-refractivity contribution < 1.29 is 13.9 Å². The molecule has 0 N–H and O–H groups in total. The number of benzene rings is 1. The van der Waals surface area contributed by atoms with Gasteiger partial charge in [-0.25, -0.2) is 14.4 Å². The SMILES string of the molecule is O=C(C1CCC1)N1CCN(c2cc(Oc3ccccc3F)ncn2)CC1. The lowest BCUT2D eigenvalue weighted by molar-refractivity contribution is -0.138. The van der Waals surface area contributed by atoms with E-state index in [1.807, 2.05) is 4.90 Å². The lowest BCUT2D eigenvalue weighted by Crippen LogP contribution is -2.51. The summed E-state index contributed by atoms with van der Waals surface area (Å²) in [6.45, 7) is 2.83. The number of hydrogen-bond donors (Lipinski definition) is 0. The number of rotatable bonds is 4. The van der Waals surface area contributed by atoms with Crippen LogP contribution in [0.15, 0.2) is 36.7 Å². The molecule has 1 aromatic heterocycles. The normalized spacial score (nSPS) is 17.7. The van der Waals surface area contributed by atoms with Crippen LogP contribution >= 0.6 is 0 Å². The molecule has 1 aromatic carbocycles. The summed E-state index contributed by atoms with van der Waals surface area (Å²) in [5.74, 6) is 1.25. The van der Waals surface area contributed by atoms with E-state index in [1.165, 1.54) is 18.8 Å².